The van der Waals surface area contributed by atoms with Crippen molar-refractivity contribution in [2.45, 2.75) is 29.4 Å². The first kappa shape index (κ1) is 11.5. The predicted molar refractivity (Wildman–Crippen MR) is 65.7 cm³/mol. The normalized spacial score (nSPS) is 16.9. The minimum Gasteiger partial charge on any atom is -0.395 e. The second-order valence-corrected chi connectivity index (χ2v) is 5.69. The number of hydrogen-bond donors (Lipinski definition) is 2. The van der Waals surface area contributed by atoms with Crippen molar-refractivity contribution in [2.75, 3.05) is 11.9 Å². The van der Waals surface area contributed by atoms with Crippen LogP contribution in [0.3, 0.4) is 0 Å². The van der Waals surface area contributed by atoms with E-state index in [1.165, 1.54) is 6.92 Å². The standard InChI is InChI=1S/C12H15NO2S/c1-9(15)13-10-2-4-11(5-3-10)16-12(8-14)6-7-12/h2-5,14H,6-8H2,1H3,(H,13,15). The van der Waals surface area contributed by atoms with Crippen molar-refractivity contribution in [3.05, 3.63) is 24.3 Å². The molecule has 0 heterocycles. The summed E-state index contributed by atoms with van der Waals surface area (Å²) in [5.74, 6) is -0.0607. The maximum absolute atomic E-state index is 10.8. The van der Waals surface area contributed by atoms with Gasteiger partial charge in [-0.2, -0.15) is 0 Å². The van der Waals surface area contributed by atoms with E-state index in [2.05, 4.69) is 5.32 Å². The van der Waals surface area contributed by atoms with Crippen molar-refractivity contribution < 1.29 is 9.90 Å². The molecule has 1 aromatic carbocycles. The average Bonchev–Trinajstić information content (AvgIpc) is 3.01. The van der Waals surface area contributed by atoms with Crippen LogP contribution in [0.15, 0.2) is 29.2 Å². The third kappa shape index (κ3) is 2.77. The fourth-order valence-corrected chi connectivity index (χ4v) is 2.63. The molecule has 0 saturated heterocycles. The summed E-state index contributed by atoms with van der Waals surface area (Å²) in [5.41, 5.74) is 0.811. The van der Waals surface area contributed by atoms with E-state index in [1.54, 1.807) is 11.8 Å². The molecule has 3 nitrogen and oxygen atoms in total. The molecule has 2 N–H and O–H groups in total. The molecule has 2 rings (SSSR count). The number of aliphatic hydroxyl groups is 1. The summed E-state index contributed by atoms with van der Waals surface area (Å²) in [6.07, 6.45) is 2.17. The van der Waals surface area contributed by atoms with Crippen molar-refractivity contribution in [3.8, 4) is 0 Å². The van der Waals surface area contributed by atoms with Crippen LogP contribution in [0, 0.1) is 0 Å². The van der Waals surface area contributed by atoms with E-state index in [0.717, 1.165) is 23.4 Å². The molecular formula is C12H15NO2S. The van der Waals surface area contributed by atoms with E-state index in [4.69, 9.17) is 0 Å². The maximum atomic E-state index is 10.8. The Morgan fingerprint density at radius 2 is 2.06 bits per heavy atom. The van der Waals surface area contributed by atoms with Gasteiger partial charge < -0.3 is 10.4 Å². The van der Waals surface area contributed by atoms with Crippen LogP contribution in [-0.4, -0.2) is 22.4 Å². The van der Waals surface area contributed by atoms with Gasteiger partial charge in [-0.3, -0.25) is 4.79 Å². The van der Waals surface area contributed by atoms with Gasteiger partial charge in [0.1, 0.15) is 0 Å². The minimum absolute atomic E-state index is 0.0607. The van der Waals surface area contributed by atoms with Gasteiger partial charge in [-0.05, 0) is 37.1 Å². The highest BCUT2D eigenvalue weighted by molar-refractivity contribution is 8.01. The lowest BCUT2D eigenvalue weighted by molar-refractivity contribution is -0.114. The van der Waals surface area contributed by atoms with Gasteiger partial charge in [-0.25, -0.2) is 0 Å². The Bertz CT molecular complexity index is 385. The summed E-state index contributed by atoms with van der Waals surface area (Å²) in [4.78, 5) is 12.0. The molecule has 1 amide bonds. The number of nitrogens with one attached hydrogen (secondary N) is 1. The summed E-state index contributed by atoms with van der Waals surface area (Å²) in [5, 5.41) is 11.9. The molecule has 1 saturated carbocycles. The van der Waals surface area contributed by atoms with Crippen LogP contribution in [0.25, 0.3) is 0 Å². The van der Waals surface area contributed by atoms with Crippen molar-refractivity contribution in [1.29, 1.82) is 0 Å². The molecule has 4 heteroatoms. The second kappa shape index (κ2) is 4.47. The number of rotatable bonds is 4. The smallest absolute Gasteiger partial charge is 0.221 e. The lowest BCUT2D eigenvalue weighted by Gasteiger charge is -2.11. The van der Waals surface area contributed by atoms with Gasteiger partial charge in [0.25, 0.3) is 0 Å². The number of aliphatic hydroxyl groups excluding tert-OH is 1. The Balaban J connectivity index is 1.99. The lowest BCUT2D eigenvalue weighted by atomic mass is 10.3. The molecule has 0 spiro atoms. The van der Waals surface area contributed by atoms with Crippen molar-refractivity contribution in [1.82, 2.24) is 0 Å². The van der Waals surface area contributed by atoms with Crippen molar-refractivity contribution >= 4 is 23.4 Å². The molecule has 86 valence electrons. The molecule has 0 aliphatic heterocycles. The molecule has 16 heavy (non-hydrogen) atoms. The quantitative estimate of drug-likeness (QED) is 0.844. The molecule has 1 aromatic rings. The zero-order valence-electron chi connectivity index (χ0n) is 9.19. The zero-order valence-corrected chi connectivity index (χ0v) is 10.0. The first-order chi connectivity index (χ1) is 7.63. The summed E-state index contributed by atoms with van der Waals surface area (Å²) >= 11 is 1.72. The van der Waals surface area contributed by atoms with Crippen LogP contribution < -0.4 is 5.32 Å². The Labute approximate surface area is 99.2 Å². The monoisotopic (exact) mass is 237 g/mol. The van der Waals surface area contributed by atoms with Crippen LogP contribution in [0.4, 0.5) is 5.69 Å². The minimum atomic E-state index is -0.0607. The van der Waals surface area contributed by atoms with Gasteiger partial charge in [0.2, 0.25) is 5.91 Å². The van der Waals surface area contributed by atoms with Crippen LogP contribution in [0.5, 0.6) is 0 Å². The van der Waals surface area contributed by atoms with Gasteiger partial charge >= 0.3 is 0 Å². The van der Waals surface area contributed by atoms with Gasteiger partial charge in [-0.1, -0.05) is 0 Å². The van der Waals surface area contributed by atoms with Crippen molar-refractivity contribution in [3.63, 3.8) is 0 Å². The van der Waals surface area contributed by atoms with Gasteiger partial charge in [0.15, 0.2) is 0 Å². The van der Waals surface area contributed by atoms with E-state index < -0.39 is 0 Å². The van der Waals surface area contributed by atoms with E-state index in [1.807, 2.05) is 24.3 Å². The highest BCUT2D eigenvalue weighted by Gasteiger charge is 2.43. The number of amides is 1. The molecule has 1 aliphatic rings. The molecule has 1 aliphatic carbocycles. The number of carbonyl (C=O) groups excluding carboxylic acids is 1. The van der Waals surface area contributed by atoms with Gasteiger partial charge in [0, 0.05) is 22.3 Å². The molecule has 0 bridgehead atoms. The largest absolute Gasteiger partial charge is 0.395 e. The summed E-state index contributed by atoms with van der Waals surface area (Å²) in [6.45, 7) is 1.73. The SMILES string of the molecule is CC(=O)Nc1ccc(SC2(CO)CC2)cc1. The van der Waals surface area contributed by atoms with E-state index >= 15 is 0 Å². The van der Waals surface area contributed by atoms with Gasteiger partial charge in [0.05, 0.1) is 6.61 Å². The van der Waals surface area contributed by atoms with E-state index in [9.17, 15) is 9.90 Å². The Hall–Kier alpha value is -1.00. The third-order valence-electron chi connectivity index (χ3n) is 2.60. The van der Waals surface area contributed by atoms with E-state index in [0.29, 0.717) is 0 Å². The zero-order chi connectivity index (χ0) is 11.6. The fourth-order valence-electron chi connectivity index (χ4n) is 1.49. The van der Waals surface area contributed by atoms with E-state index in [-0.39, 0.29) is 17.3 Å². The number of carbonyl (C=O) groups is 1. The lowest BCUT2D eigenvalue weighted by Crippen LogP contribution is -2.08. The highest BCUT2D eigenvalue weighted by atomic mass is 32.2. The third-order valence-corrected chi connectivity index (χ3v) is 4.08. The number of thioether (sulfide) groups is 1. The van der Waals surface area contributed by atoms with Crippen molar-refractivity contribution in [2.24, 2.45) is 0 Å². The molecule has 0 aromatic heterocycles. The Morgan fingerprint density at radius 3 is 2.50 bits per heavy atom. The first-order valence-corrected chi connectivity index (χ1v) is 6.13. The van der Waals surface area contributed by atoms with Crippen LogP contribution in [-0.2, 0) is 4.79 Å². The first-order valence-electron chi connectivity index (χ1n) is 5.31. The molecule has 0 atom stereocenters. The van der Waals surface area contributed by atoms with Gasteiger partial charge in [-0.15, -0.1) is 11.8 Å². The second-order valence-electron chi connectivity index (χ2n) is 4.15. The molecular weight excluding hydrogens is 222 g/mol. The summed E-state index contributed by atoms with van der Waals surface area (Å²) in [7, 11) is 0. The summed E-state index contributed by atoms with van der Waals surface area (Å²) < 4.78 is 0.0650. The predicted octanol–water partition coefficient (Wildman–Crippen LogP) is 2.26. The molecule has 1 fully saturated rings. The van der Waals surface area contributed by atoms with Crippen LogP contribution >= 0.6 is 11.8 Å². The fraction of sp³-hybridized carbons (Fsp3) is 0.417. The highest BCUT2D eigenvalue weighted by Crippen LogP contribution is 2.51. The Kier molecular flexibility index (Phi) is 3.21. The number of hydrogen-bond acceptors (Lipinski definition) is 3. The number of benzene rings is 1. The van der Waals surface area contributed by atoms with Crippen LogP contribution in [0.1, 0.15) is 19.8 Å². The molecule has 0 radical (unpaired) electrons. The number of anilines is 1. The topological polar surface area (TPSA) is 49.3 Å². The maximum Gasteiger partial charge on any atom is 0.221 e. The molecule has 0 unspecified atom stereocenters. The van der Waals surface area contributed by atoms with Crippen LogP contribution in [0.2, 0.25) is 0 Å². The Morgan fingerprint density at radius 1 is 1.44 bits per heavy atom. The summed E-state index contributed by atoms with van der Waals surface area (Å²) in [6, 6.07) is 7.73. The average molecular weight is 237 g/mol.